The van der Waals surface area contributed by atoms with Crippen LogP contribution >= 0.6 is 0 Å². The molecule has 0 saturated carbocycles. The molecule has 0 saturated heterocycles. The molecule has 0 spiro atoms. The van der Waals surface area contributed by atoms with E-state index < -0.39 is 26.1 Å². The van der Waals surface area contributed by atoms with Crippen LogP contribution in [0.3, 0.4) is 0 Å². The third kappa shape index (κ3) is 6.24. The second kappa shape index (κ2) is 11.3. The maximum Gasteiger partial charge on any atom is 0.272 e. The monoisotopic (exact) mass is 467 g/mol. The first-order chi connectivity index (χ1) is 15.9. The van der Waals surface area contributed by atoms with E-state index in [1.165, 1.54) is 25.5 Å². The van der Waals surface area contributed by atoms with Crippen LogP contribution in [0.15, 0.2) is 47.1 Å². The second-order valence-electron chi connectivity index (χ2n) is 6.81. The Morgan fingerprint density at radius 1 is 1.03 bits per heavy atom. The van der Waals surface area contributed by atoms with Crippen LogP contribution in [0.25, 0.3) is 22.7 Å². The van der Waals surface area contributed by atoms with Crippen molar-refractivity contribution in [1.82, 2.24) is 4.98 Å². The van der Waals surface area contributed by atoms with Crippen LogP contribution in [0.4, 0.5) is 17.6 Å². The Morgan fingerprint density at radius 3 is 2.48 bits per heavy atom. The number of para-hydroxylation sites is 1. The van der Waals surface area contributed by atoms with Gasteiger partial charge in [0.15, 0.2) is 11.5 Å². The molecule has 176 valence electrons. The fourth-order valence-electron chi connectivity index (χ4n) is 3.12. The summed E-state index contributed by atoms with van der Waals surface area (Å²) in [5.41, 5.74) is 1.74. The fourth-order valence-corrected chi connectivity index (χ4v) is 3.12. The number of nitrogens with zero attached hydrogens (tertiary/aromatic N) is 1. The molecule has 0 N–H and O–H groups in total. The van der Waals surface area contributed by atoms with Crippen LogP contribution in [-0.4, -0.2) is 44.4 Å². The van der Waals surface area contributed by atoms with Crippen LogP contribution in [0, 0.1) is 0 Å². The molecule has 0 radical (unpaired) electrons. The molecule has 0 unspecified atom stereocenters. The fraction of sp³-hybridized carbons (Fsp3) is 0.304. The molecular weight excluding hydrogens is 446 g/mol. The topological polar surface area (TPSA) is 70.8 Å². The first kappa shape index (κ1) is 24.1. The zero-order chi connectivity index (χ0) is 23.8. The van der Waals surface area contributed by atoms with Gasteiger partial charge >= 0.3 is 0 Å². The van der Waals surface area contributed by atoms with Gasteiger partial charge in [0.1, 0.15) is 37.2 Å². The van der Waals surface area contributed by atoms with Crippen molar-refractivity contribution in [2.75, 3.05) is 20.3 Å². The van der Waals surface area contributed by atoms with Gasteiger partial charge in [-0.1, -0.05) is 12.1 Å². The van der Waals surface area contributed by atoms with Crippen LogP contribution < -0.4 is 14.2 Å². The van der Waals surface area contributed by atoms with Crippen molar-refractivity contribution < 1.29 is 41.0 Å². The van der Waals surface area contributed by atoms with E-state index in [1.54, 1.807) is 24.3 Å². The van der Waals surface area contributed by atoms with E-state index in [0.717, 1.165) is 6.29 Å². The van der Waals surface area contributed by atoms with Crippen molar-refractivity contribution in [3.05, 3.63) is 48.2 Å². The average Bonchev–Trinajstić information content (AvgIpc) is 3.30. The van der Waals surface area contributed by atoms with Crippen molar-refractivity contribution >= 4 is 6.29 Å². The number of hydrogen-bond donors (Lipinski definition) is 0. The Kier molecular flexibility index (Phi) is 8.28. The summed E-state index contributed by atoms with van der Waals surface area (Å²) in [6, 6.07) is 9.60. The number of aryl methyl sites for hydroxylation is 1. The van der Waals surface area contributed by atoms with Crippen LogP contribution in [0.1, 0.15) is 12.0 Å². The number of ether oxygens (including phenoxy) is 3. The third-order valence-electron chi connectivity index (χ3n) is 4.54. The van der Waals surface area contributed by atoms with Gasteiger partial charge in [0, 0.05) is 17.5 Å². The maximum atomic E-state index is 12.8. The second-order valence-corrected chi connectivity index (χ2v) is 6.81. The Balaban J connectivity index is 1.95. The third-order valence-corrected chi connectivity index (χ3v) is 4.54. The quantitative estimate of drug-likeness (QED) is 0.261. The van der Waals surface area contributed by atoms with E-state index in [2.05, 4.69) is 4.98 Å². The molecule has 6 nitrogen and oxygen atoms in total. The summed E-state index contributed by atoms with van der Waals surface area (Å²) in [5.74, 6) is 0.687. The predicted molar refractivity (Wildman–Crippen MR) is 111 cm³/mol. The number of carbonyl (C=O) groups is 1. The van der Waals surface area contributed by atoms with E-state index in [4.69, 9.17) is 18.6 Å². The van der Waals surface area contributed by atoms with Crippen molar-refractivity contribution in [3.8, 4) is 40.0 Å². The van der Waals surface area contributed by atoms with Crippen LogP contribution in [0.5, 0.6) is 17.2 Å². The molecule has 0 bridgehead atoms. The van der Waals surface area contributed by atoms with Gasteiger partial charge in [-0.3, -0.25) is 0 Å². The molecule has 0 aliphatic carbocycles. The predicted octanol–water partition coefficient (Wildman–Crippen LogP) is 5.44. The standard InChI is InChI=1S/C23H21F4NO5/c1-30-18-8-7-15(10-19(18)31-12-20(24)25)23-28-17(11-33-23)16-6-2-4-14(5-3-9-29)22(16)32-13-21(26)27/h2,4,6-11,20-21H,3,5,12-13H2,1H3. The lowest BCUT2D eigenvalue weighted by atomic mass is 10.0. The highest BCUT2D eigenvalue weighted by Crippen LogP contribution is 2.37. The molecule has 0 amide bonds. The number of hydrogen-bond acceptors (Lipinski definition) is 6. The molecule has 10 heteroatoms. The summed E-state index contributed by atoms with van der Waals surface area (Å²) in [4.78, 5) is 15.2. The van der Waals surface area contributed by atoms with E-state index in [-0.39, 0.29) is 29.6 Å². The highest BCUT2D eigenvalue weighted by atomic mass is 19.3. The van der Waals surface area contributed by atoms with Gasteiger partial charge in [0.05, 0.1) is 7.11 Å². The van der Waals surface area contributed by atoms with Crippen molar-refractivity contribution in [2.24, 2.45) is 0 Å². The molecule has 0 aliphatic rings. The minimum Gasteiger partial charge on any atom is -0.493 e. The SMILES string of the molecule is COc1ccc(-c2nc(-c3cccc(CCC=O)c3OCC(F)F)co2)cc1OCC(F)F. The van der Waals surface area contributed by atoms with Gasteiger partial charge in [-0.25, -0.2) is 22.5 Å². The first-order valence-electron chi connectivity index (χ1n) is 9.94. The van der Waals surface area contributed by atoms with E-state index in [0.29, 0.717) is 28.8 Å². The van der Waals surface area contributed by atoms with Gasteiger partial charge in [-0.05, 0) is 36.2 Å². The van der Waals surface area contributed by atoms with Gasteiger partial charge in [0.25, 0.3) is 12.9 Å². The Bertz CT molecular complexity index is 1070. The summed E-state index contributed by atoms with van der Waals surface area (Å²) >= 11 is 0. The van der Waals surface area contributed by atoms with Crippen LogP contribution in [0.2, 0.25) is 0 Å². The molecule has 0 atom stereocenters. The van der Waals surface area contributed by atoms with E-state index in [1.807, 2.05) is 0 Å². The van der Waals surface area contributed by atoms with Gasteiger partial charge in [0.2, 0.25) is 5.89 Å². The summed E-state index contributed by atoms with van der Waals surface area (Å²) < 4.78 is 71.8. The number of methoxy groups -OCH3 is 1. The minimum absolute atomic E-state index is 0.0897. The number of carbonyl (C=O) groups excluding carboxylic acids is 1. The lowest BCUT2D eigenvalue weighted by Crippen LogP contribution is -2.09. The first-order valence-corrected chi connectivity index (χ1v) is 9.94. The zero-order valence-electron chi connectivity index (χ0n) is 17.6. The molecule has 3 aromatic rings. The van der Waals surface area contributed by atoms with E-state index in [9.17, 15) is 22.4 Å². The molecule has 0 fully saturated rings. The number of halogens is 4. The van der Waals surface area contributed by atoms with Crippen molar-refractivity contribution in [3.63, 3.8) is 0 Å². The highest BCUT2D eigenvalue weighted by Gasteiger charge is 2.19. The van der Waals surface area contributed by atoms with Gasteiger partial charge in [-0.15, -0.1) is 0 Å². The van der Waals surface area contributed by atoms with E-state index >= 15 is 0 Å². The van der Waals surface area contributed by atoms with Crippen molar-refractivity contribution in [1.29, 1.82) is 0 Å². The molecule has 0 aliphatic heterocycles. The normalized spacial score (nSPS) is 11.1. The molecule has 1 heterocycles. The molecular formula is C23H21F4NO5. The Morgan fingerprint density at radius 2 is 1.79 bits per heavy atom. The summed E-state index contributed by atoms with van der Waals surface area (Å²) in [5, 5.41) is 0. The lowest BCUT2D eigenvalue weighted by Gasteiger charge is -2.14. The number of rotatable bonds is 12. The number of oxazole rings is 1. The number of aldehydes is 1. The number of aromatic nitrogens is 1. The largest absolute Gasteiger partial charge is 0.493 e. The summed E-state index contributed by atoms with van der Waals surface area (Å²) in [6.07, 6.45) is -2.78. The number of alkyl halides is 4. The Labute approximate surface area is 187 Å². The minimum atomic E-state index is -2.68. The molecule has 33 heavy (non-hydrogen) atoms. The van der Waals surface area contributed by atoms with Gasteiger partial charge < -0.3 is 23.4 Å². The van der Waals surface area contributed by atoms with Crippen molar-refractivity contribution in [2.45, 2.75) is 25.7 Å². The average molecular weight is 467 g/mol. The van der Waals surface area contributed by atoms with Crippen LogP contribution in [-0.2, 0) is 11.2 Å². The summed E-state index contributed by atoms with van der Waals surface area (Å²) in [6.45, 7) is -1.63. The van der Waals surface area contributed by atoms with Gasteiger partial charge in [-0.2, -0.15) is 0 Å². The smallest absolute Gasteiger partial charge is 0.272 e. The maximum absolute atomic E-state index is 12.8. The zero-order valence-corrected chi connectivity index (χ0v) is 17.6. The molecule has 3 rings (SSSR count). The Hall–Kier alpha value is -3.56. The lowest BCUT2D eigenvalue weighted by molar-refractivity contribution is -0.107. The molecule has 1 aromatic heterocycles. The summed E-state index contributed by atoms with van der Waals surface area (Å²) in [7, 11) is 1.38. The highest BCUT2D eigenvalue weighted by molar-refractivity contribution is 5.71. The number of benzene rings is 2. The molecule has 2 aromatic carbocycles.